The molecule has 1 rings (SSSR count). The van der Waals surface area contributed by atoms with Crippen LogP contribution in [0.1, 0.15) is 33.6 Å². The van der Waals surface area contributed by atoms with Crippen molar-refractivity contribution in [2.45, 2.75) is 39.2 Å². The minimum Gasteiger partial charge on any atom is -0.377 e. The second-order valence-corrected chi connectivity index (χ2v) is 4.63. The number of rotatable bonds is 3. The van der Waals surface area contributed by atoms with Crippen LogP contribution in [0.15, 0.2) is 0 Å². The second-order valence-electron chi connectivity index (χ2n) is 4.63. The number of likely N-dealkylation sites (tertiary alicyclic amines) is 1. The van der Waals surface area contributed by atoms with Gasteiger partial charge in [-0.2, -0.15) is 0 Å². The van der Waals surface area contributed by atoms with Gasteiger partial charge in [0.05, 0.1) is 12.1 Å². The Kier molecular flexibility index (Phi) is 4.59. The molecular weight excluding hydrogens is 204 g/mol. The Balaban J connectivity index is 2.63. The predicted molar refractivity (Wildman–Crippen MR) is 64.5 cm³/mol. The maximum Gasteiger partial charge on any atom is 0.320 e. The predicted octanol–water partition coefficient (Wildman–Crippen LogP) is 1.95. The molecule has 0 spiro atoms. The SMILES string of the molecule is CCN(CC)C(=O)N1CCCC(C)(OC)C1. The second kappa shape index (κ2) is 5.53. The van der Waals surface area contributed by atoms with Crippen LogP contribution in [0.25, 0.3) is 0 Å². The Morgan fingerprint density at radius 3 is 2.56 bits per heavy atom. The Labute approximate surface area is 98.5 Å². The fourth-order valence-electron chi connectivity index (χ4n) is 2.23. The molecular formula is C12H24N2O2. The minimum absolute atomic E-state index is 0.146. The van der Waals surface area contributed by atoms with E-state index in [1.807, 2.05) is 23.6 Å². The molecule has 1 unspecified atom stereocenters. The molecule has 2 amide bonds. The Bertz CT molecular complexity index is 241. The van der Waals surface area contributed by atoms with E-state index in [9.17, 15) is 4.79 Å². The number of methoxy groups -OCH3 is 1. The van der Waals surface area contributed by atoms with Crippen LogP contribution in [-0.2, 0) is 4.74 Å². The lowest BCUT2D eigenvalue weighted by Gasteiger charge is -2.41. The van der Waals surface area contributed by atoms with Gasteiger partial charge < -0.3 is 14.5 Å². The van der Waals surface area contributed by atoms with Crippen molar-refractivity contribution in [3.05, 3.63) is 0 Å². The third-order valence-electron chi connectivity index (χ3n) is 3.46. The third kappa shape index (κ3) is 2.88. The summed E-state index contributed by atoms with van der Waals surface area (Å²) < 4.78 is 5.49. The molecule has 0 N–H and O–H groups in total. The first-order valence-corrected chi connectivity index (χ1v) is 6.15. The van der Waals surface area contributed by atoms with Crippen LogP contribution >= 0.6 is 0 Å². The van der Waals surface area contributed by atoms with E-state index in [0.29, 0.717) is 6.54 Å². The van der Waals surface area contributed by atoms with Crippen molar-refractivity contribution >= 4 is 6.03 Å². The smallest absolute Gasteiger partial charge is 0.320 e. The number of carbonyl (C=O) groups is 1. The van der Waals surface area contributed by atoms with Crippen LogP contribution in [0.4, 0.5) is 4.79 Å². The molecule has 1 aliphatic rings. The van der Waals surface area contributed by atoms with Gasteiger partial charge in [-0.1, -0.05) is 0 Å². The van der Waals surface area contributed by atoms with E-state index in [0.717, 1.165) is 32.5 Å². The van der Waals surface area contributed by atoms with Crippen molar-refractivity contribution in [3.8, 4) is 0 Å². The normalized spacial score (nSPS) is 25.6. The van der Waals surface area contributed by atoms with Crippen LogP contribution in [0, 0.1) is 0 Å². The standard InChI is InChI=1S/C12H24N2O2/c1-5-13(6-2)11(15)14-9-7-8-12(3,10-14)16-4/h5-10H2,1-4H3. The lowest BCUT2D eigenvalue weighted by Crippen LogP contribution is -2.53. The monoisotopic (exact) mass is 228 g/mol. The lowest BCUT2D eigenvalue weighted by molar-refractivity contribution is -0.0430. The number of urea groups is 1. The third-order valence-corrected chi connectivity index (χ3v) is 3.46. The van der Waals surface area contributed by atoms with Gasteiger partial charge in [-0.05, 0) is 33.6 Å². The van der Waals surface area contributed by atoms with E-state index < -0.39 is 0 Å². The Morgan fingerprint density at radius 1 is 1.44 bits per heavy atom. The van der Waals surface area contributed by atoms with Crippen LogP contribution in [0.3, 0.4) is 0 Å². The molecule has 0 aromatic carbocycles. The van der Waals surface area contributed by atoms with Crippen molar-refractivity contribution in [1.29, 1.82) is 0 Å². The van der Waals surface area contributed by atoms with Gasteiger partial charge in [-0.15, -0.1) is 0 Å². The number of ether oxygens (including phenoxy) is 1. The Hall–Kier alpha value is -0.770. The van der Waals surface area contributed by atoms with Crippen molar-refractivity contribution in [1.82, 2.24) is 9.80 Å². The molecule has 1 fully saturated rings. The minimum atomic E-state index is -0.166. The van der Waals surface area contributed by atoms with Crippen molar-refractivity contribution in [2.24, 2.45) is 0 Å². The van der Waals surface area contributed by atoms with Crippen molar-refractivity contribution in [2.75, 3.05) is 33.3 Å². The van der Waals surface area contributed by atoms with Crippen LogP contribution < -0.4 is 0 Å². The van der Waals surface area contributed by atoms with Crippen LogP contribution in [-0.4, -0.2) is 54.7 Å². The van der Waals surface area contributed by atoms with Gasteiger partial charge >= 0.3 is 6.03 Å². The summed E-state index contributed by atoms with van der Waals surface area (Å²) in [6, 6.07) is 0.146. The molecule has 4 nitrogen and oxygen atoms in total. The van der Waals surface area contributed by atoms with E-state index >= 15 is 0 Å². The summed E-state index contributed by atoms with van der Waals surface area (Å²) in [6.45, 7) is 9.22. The van der Waals surface area contributed by atoms with Crippen LogP contribution in [0.5, 0.6) is 0 Å². The summed E-state index contributed by atoms with van der Waals surface area (Å²) >= 11 is 0. The van der Waals surface area contributed by atoms with Crippen LogP contribution in [0.2, 0.25) is 0 Å². The van der Waals surface area contributed by atoms with E-state index in [-0.39, 0.29) is 11.6 Å². The molecule has 4 heteroatoms. The lowest BCUT2D eigenvalue weighted by atomic mass is 9.95. The molecule has 94 valence electrons. The maximum atomic E-state index is 12.2. The highest BCUT2D eigenvalue weighted by Gasteiger charge is 2.34. The van der Waals surface area contributed by atoms with E-state index in [4.69, 9.17) is 4.74 Å². The molecule has 1 atom stereocenters. The molecule has 1 saturated heterocycles. The molecule has 0 saturated carbocycles. The van der Waals surface area contributed by atoms with E-state index in [1.54, 1.807) is 7.11 Å². The molecule has 0 aromatic rings. The number of amides is 2. The van der Waals surface area contributed by atoms with Crippen molar-refractivity contribution in [3.63, 3.8) is 0 Å². The number of hydrogen-bond acceptors (Lipinski definition) is 2. The summed E-state index contributed by atoms with van der Waals surface area (Å²) in [7, 11) is 1.73. The summed E-state index contributed by atoms with van der Waals surface area (Å²) in [5, 5.41) is 0. The first kappa shape index (κ1) is 13.3. The molecule has 1 aliphatic heterocycles. The fourth-order valence-corrected chi connectivity index (χ4v) is 2.23. The summed E-state index contributed by atoms with van der Waals surface area (Å²) in [4.78, 5) is 15.9. The van der Waals surface area contributed by atoms with Gasteiger partial charge in [0.2, 0.25) is 0 Å². The van der Waals surface area contributed by atoms with Gasteiger partial charge in [0, 0.05) is 26.7 Å². The number of hydrogen-bond donors (Lipinski definition) is 0. The van der Waals surface area contributed by atoms with Gasteiger partial charge in [-0.3, -0.25) is 0 Å². The number of nitrogens with zero attached hydrogens (tertiary/aromatic N) is 2. The van der Waals surface area contributed by atoms with Gasteiger partial charge in [0.15, 0.2) is 0 Å². The summed E-state index contributed by atoms with van der Waals surface area (Å²) in [5.41, 5.74) is -0.166. The maximum absolute atomic E-state index is 12.2. The highest BCUT2D eigenvalue weighted by Crippen LogP contribution is 2.24. The zero-order chi connectivity index (χ0) is 12.2. The van der Waals surface area contributed by atoms with Gasteiger partial charge in [-0.25, -0.2) is 4.79 Å². The van der Waals surface area contributed by atoms with Gasteiger partial charge in [0.25, 0.3) is 0 Å². The highest BCUT2D eigenvalue weighted by molar-refractivity contribution is 5.74. The molecule has 1 heterocycles. The Morgan fingerprint density at radius 2 is 2.06 bits per heavy atom. The topological polar surface area (TPSA) is 32.8 Å². The summed E-state index contributed by atoms with van der Waals surface area (Å²) in [5.74, 6) is 0. The largest absolute Gasteiger partial charge is 0.377 e. The molecule has 0 bridgehead atoms. The van der Waals surface area contributed by atoms with Gasteiger partial charge in [0.1, 0.15) is 0 Å². The number of piperidine rings is 1. The zero-order valence-electron chi connectivity index (χ0n) is 11.0. The first-order chi connectivity index (χ1) is 7.56. The molecule has 16 heavy (non-hydrogen) atoms. The highest BCUT2D eigenvalue weighted by atomic mass is 16.5. The van der Waals surface area contributed by atoms with E-state index in [1.165, 1.54) is 0 Å². The molecule has 0 radical (unpaired) electrons. The average molecular weight is 228 g/mol. The molecule has 0 aliphatic carbocycles. The average Bonchev–Trinajstić information content (AvgIpc) is 2.30. The quantitative estimate of drug-likeness (QED) is 0.739. The number of carbonyl (C=O) groups excluding carboxylic acids is 1. The van der Waals surface area contributed by atoms with E-state index in [2.05, 4.69) is 6.92 Å². The first-order valence-electron chi connectivity index (χ1n) is 6.15. The van der Waals surface area contributed by atoms with Crippen molar-refractivity contribution < 1.29 is 9.53 Å². The fraction of sp³-hybridized carbons (Fsp3) is 0.917. The summed E-state index contributed by atoms with van der Waals surface area (Å²) in [6.07, 6.45) is 2.06. The molecule has 0 aromatic heterocycles. The zero-order valence-corrected chi connectivity index (χ0v) is 11.0.